The third kappa shape index (κ3) is 4.94. The Balaban J connectivity index is 1.70. The van der Waals surface area contributed by atoms with Crippen LogP contribution in [0.1, 0.15) is 54.9 Å². The van der Waals surface area contributed by atoms with Crippen LogP contribution in [0.3, 0.4) is 0 Å². The van der Waals surface area contributed by atoms with E-state index < -0.39 is 17.4 Å². The van der Waals surface area contributed by atoms with Crippen molar-refractivity contribution in [2.24, 2.45) is 5.41 Å². The number of benzene rings is 1. The summed E-state index contributed by atoms with van der Waals surface area (Å²) in [5.74, 6) is -0.513. The molecule has 0 unspecified atom stereocenters. The highest BCUT2D eigenvalue weighted by atomic mass is 16.5. The Morgan fingerprint density at radius 3 is 2.45 bits per heavy atom. The zero-order valence-corrected chi connectivity index (χ0v) is 17.0. The lowest BCUT2D eigenvalue weighted by atomic mass is 9.75. The Kier molecular flexibility index (Phi) is 6.52. The molecule has 1 atom stereocenters. The van der Waals surface area contributed by atoms with Gasteiger partial charge in [0.1, 0.15) is 6.04 Å². The van der Waals surface area contributed by atoms with Gasteiger partial charge < -0.3 is 14.6 Å². The average molecular weight is 396 g/mol. The van der Waals surface area contributed by atoms with Crippen molar-refractivity contribution < 1.29 is 19.1 Å². The third-order valence-electron chi connectivity index (χ3n) is 5.82. The first-order valence-corrected chi connectivity index (χ1v) is 10.1. The summed E-state index contributed by atoms with van der Waals surface area (Å²) < 4.78 is 6.78. The summed E-state index contributed by atoms with van der Waals surface area (Å²) in [6.45, 7) is 1.98. The largest absolute Gasteiger partial charge is 0.467 e. The topological polar surface area (TPSA) is 77.4 Å². The number of carbonyl (C=O) groups is 3. The van der Waals surface area contributed by atoms with Crippen molar-refractivity contribution >= 4 is 18.2 Å². The number of aromatic nitrogens is 1. The number of carbonyl (C=O) groups excluding carboxylic acids is 3. The number of nitrogens with one attached hydrogen (secondary N) is 1. The van der Waals surface area contributed by atoms with Crippen molar-refractivity contribution in [3.05, 3.63) is 53.9 Å². The van der Waals surface area contributed by atoms with E-state index in [-0.39, 0.29) is 5.91 Å². The standard InChI is InChI=1S/C23H28N2O4/c1-23(11-4-3-5-12-23)22(28)24-20(21(27)29-2)14-17-6-8-19(9-7-17)25-13-10-18(15-25)16-26/h6-10,13,15-16,20H,3-5,11-12,14H2,1-2H3,(H,24,28)/t20-/m0/s1. The molecule has 3 rings (SSSR count). The molecule has 1 saturated carbocycles. The molecule has 2 aromatic rings. The lowest BCUT2D eigenvalue weighted by Crippen LogP contribution is -2.49. The van der Waals surface area contributed by atoms with Gasteiger partial charge in [0.05, 0.1) is 7.11 Å². The maximum absolute atomic E-state index is 12.9. The zero-order chi connectivity index (χ0) is 20.9. The summed E-state index contributed by atoms with van der Waals surface area (Å²) in [5, 5.41) is 2.93. The molecule has 1 N–H and O–H groups in total. The molecule has 29 heavy (non-hydrogen) atoms. The Bertz CT molecular complexity index is 863. The molecule has 0 bridgehead atoms. The van der Waals surface area contributed by atoms with Crippen LogP contribution in [-0.4, -0.2) is 35.9 Å². The molecule has 1 aliphatic rings. The normalized spacial score (nSPS) is 16.6. The highest BCUT2D eigenvalue weighted by molar-refractivity contribution is 5.88. The second-order valence-electron chi connectivity index (χ2n) is 8.01. The molecule has 1 aromatic heterocycles. The quantitative estimate of drug-likeness (QED) is 0.574. The van der Waals surface area contributed by atoms with Crippen molar-refractivity contribution in [1.82, 2.24) is 9.88 Å². The van der Waals surface area contributed by atoms with E-state index in [1.165, 1.54) is 7.11 Å². The van der Waals surface area contributed by atoms with Crippen molar-refractivity contribution in [2.75, 3.05) is 7.11 Å². The van der Waals surface area contributed by atoms with Gasteiger partial charge >= 0.3 is 5.97 Å². The zero-order valence-electron chi connectivity index (χ0n) is 17.0. The van der Waals surface area contributed by atoms with Crippen LogP contribution in [0.15, 0.2) is 42.7 Å². The molecule has 0 radical (unpaired) electrons. The van der Waals surface area contributed by atoms with E-state index in [1.807, 2.05) is 42.0 Å². The van der Waals surface area contributed by atoms with E-state index in [0.29, 0.717) is 12.0 Å². The van der Waals surface area contributed by atoms with Crippen LogP contribution in [0.25, 0.3) is 5.69 Å². The first-order valence-electron chi connectivity index (χ1n) is 10.1. The summed E-state index contributed by atoms with van der Waals surface area (Å²) >= 11 is 0. The summed E-state index contributed by atoms with van der Waals surface area (Å²) in [7, 11) is 1.34. The van der Waals surface area contributed by atoms with Gasteiger partial charge in [0, 0.05) is 35.5 Å². The summed E-state index contributed by atoms with van der Waals surface area (Å²) in [6, 6.07) is 8.70. The molecule has 0 aliphatic heterocycles. The first-order chi connectivity index (χ1) is 13.9. The van der Waals surface area contributed by atoms with E-state index in [0.717, 1.165) is 49.6 Å². The van der Waals surface area contributed by atoms with Crippen LogP contribution in [0.5, 0.6) is 0 Å². The van der Waals surface area contributed by atoms with Gasteiger partial charge in [0.15, 0.2) is 6.29 Å². The van der Waals surface area contributed by atoms with Crippen LogP contribution in [-0.2, 0) is 20.7 Å². The van der Waals surface area contributed by atoms with Gasteiger partial charge in [-0.25, -0.2) is 4.79 Å². The van der Waals surface area contributed by atoms with E-state index in [9.17, 15) is 14.4 Å². The Morgan fingerprint density at radius 2 is 1.86 bits per heavy atom. The minimum absolute atomic E-state index is 0.0713. The molecule has 0 saturated heterocycles. The van der Waals surface area contributed by atoms with Crippen molar-refractivity contribution in [1.29, 1.82) is 0 Å². The number of methoxy groups -OCH3 is 1. The van der Waals surface area contributed by atoms with Gasteiger partial charge in [-0.2, -0.15) is 0 Å². The molecular weight excluding hydrogens is 368 g/mol. The second kappa shape index (κ2) is 9.07. The van der Waals surface area contributed by atoms with Crippen LogP contribution < -0.4 is 5.32 Å². The summed E-state index contributed by atoms with van der Waals surface area (Å²) in [6.07, 6.45) is 9.68. The third-order valence-corrected chi connectivity index (χ3v) is 5.82. The number of hydrogen-bond acceptors (Lipinski definition) is 4. The van der Waals surface area contributed by atoms with Gasteiger partial charge in [-0.1, -0.05) is 38.3 Å². The number of nitrogens with zero attached hydrogens (tertiary/aromatic N) is 1. The maximum Gasteiger partial charge on any atom is 0.328 e. The molecular formula is C23H28N2O4. The Labute approximate surface area is 171 Å². The number of rotatable bonds is 7. The highest BCUT2D eigenvalue weighted by Gasteiger charge is 2.36. The van der Waals surface area contributed by atoms with Gasteiger partial charge in [-0.05, 0) is 36.6 Å². The Morgan fingerprint density at radius 1 is 1.17 bits per heavy atom. The predicted molar refractivity (Wildman–Crippen MR) is 110 cm³/mol. The van der Waals surface area contributed by atoms with Gasteiger partial charge in [0.25, 0.3) is 0 Å². The molecule has 1 aliphatic carbocycles. The molecule has 6 nitrogen and oxygen atoms in total. The molecule has 1 amide bonds. The average Bonchev–Trinajstić information content (AvgIpc) is 3.23. The van der Waals surface area contributed by atoms with E-state index in [4.69, 9.17) is 4.74 Å². The first kappa shape index (κ1) is 20.8. The number of ether oxygens (including phenoxy) is 1. The molecule has 1 fully saturated rings. The summed E-state index contributed by atoms with van der Waals surface area (Å²) in [4.78, 5) is 36.0. The maximum atomic E-state index is 12.9. The summed E-state index contributed by atoms with van der Waals surface area (Å²) in [5.41, 5.74) is 2.02. The SMILES string of the molecule is COC(=O)[C@H](Cc1ccc(-n2ccc(C=O)c2)cc1)NC(=O)C1(C)CCCCC1. The lowest BCUT2D eigenvalue weighted by molar-refractivity contribution is -0.146. The van der Waals surface area contributed by atoms with E-state index in [2.05, 4.69) is 5.32 Å². The minimum atomic E-state index is -0.717. The number of hydrogen-bond donors (Lipinski definition) is 1. The second-order valence-corrected chi connectivity index (χ2v) is 8.01. The number of esters is 1. The van der Waals surface area contributed by atoms with Crippen LogP contribution in [0.2, 0.25) is 0 Å². The molecule has 6 heteroatoms. The van der Waals surface area contributed by atoms with Crippen LogP contribution in [0, 0.1) is 5.41 Å². The molecule has 154 valence electrons. The van der Waals surface area contributed by atoms with Crippen molar-refractivity contribution in [3.8, 4) is 5.69 Å². The van der Waals surface area contributed by atoms with Gasteiger partial charge in [-0.3, -0.25) is 9.59 Å². The molecule has 0 spiro atoms. The lowest BCUT2D eigenvalue weighted by Gasteiger charge is -2.33. The van der Waals surface area contributed by atoms with Crippen molar-refractivity contribution in [3.63, 3.8) is 0 Å². The number of amides is 1. The van der Waals surface area contributed by atoms with E-state index in [1.54, 1.807) is 12.3 Å². The van der Waals surface area contributed by atoms with Gasteiger partial charge in [-0.15, -0.1) is 0 Å². The monoisotopic (exact) mass is 396 g/mol. The molecule has 1 heterocycles. The minimum Gasteiger partial charge on any atom is -0.467 e. The fourth-order valence-electron chi connectivity index (χ4n) is 3.91. The Hall–Kier alpha value is -2.89. The van der Waals surface area contributed by atoms with Crippen LogP contribution >= 0.6 is 0 Å². The fourth-order valence-corrected chi connectivity index (χ4v) is 3.91. The van der Waals surface area contributed by atoms with Gasteiger partial charge in [0.2, 0.25) is 5.91 Å². The van der Waals surface area contributed by atoms with Crippen molar-refractivity contribution in [2.45, 2.75) is 51.5 Å². The smallest absolute Gasteiger partial charge is 0.328 e. The predicted octanol–water partition coefficient (Wildman–Crippen LogP) is 3.46. The fraction of sp³-hybridized carbons (Fsp3) is 0.435. The number of aldehydes is 1. The van der Waals surface area contributed by atoms with E-state index >= 15 is 0 Å². The van der Waals surface area contributed by atoms with Crippen LogP contribution in [0.4, 0.5) is 0 Å². The highest BCUT2D eigenvalue weighted by Crippen LogP contribution is 2.36. The molecule has 1 aromatic carbocycles.